The predicted molar refractivity (Wildman–Crippen MR) is 56.1 cm³/mol. The summed E-state index contributed by atoms with van der Waals surface area (Å²) < 4.78 is 5.15. The van der Waals surface area contributed by atoms with Crippen LogP contribution in [0.25, 0.3) is 0 Å². The number of amides is 1. The van der Waals surface area contributed by atoms with Crippen molar-refractivity contribution >= 4 is 5.91 Å². The minimum atomic E-state index is -0.140. The first-order valence-corrected chi connectivity index (χ1v) is 5.53. The number of hydrogen-bond acceptors (Lipinski definition) is 5. The first-order chi connectivity index (χ1) is 7.72. The molecule has 1 fully saturated rings. The fourth-order valence-corrected chi connectivity index (χ4v) is 2.31. The summed E-state index contributed by atoms with van der Waals surface area (Å²) in [6.07, 6.45) is 3.86. The lowest BCUT2D eigenvalue weighted by atomic mass is 9.78. The smallest absolute Gasteiger partial charge is 0.237 e. The number of nitrogens with one attached hydrogen (secondary N) is 1. The number of hydrazine groups is 1. The van der Waals surface area contributed by atoms with Crippen molar-refractivity contribution in [2.24, 2.45) is 11.8 Å². The summed E-state index contributed by atoms with van der Waals surface area (Å²) in [4.78, 5) is 15.8. The normalized spacial score (nSPS) is 25.4. The van der Waals surface area contributed by atoms with E-state index in [0.29, 0.717) is 11.7 Å². The van der Waals surface area contributed by atoms with Crippen molar-refractivity contribution in [1.82, 2.24) is 15.6 Å². The molecule has 0 saturated heterocycles. The molecule has 0 aliphatic heterocycles. The lowest BCUT2D eigenvalue weighted by molar-refractivity contribution is -0.126. The Morgan fingerprint density at radius 1 is 1.50 bits per heavy atom. The molecule has 1 saturated carbocycles. The van der Waals surface area contributed by atoms with E-state index in [1.807, 2.05) is 0 Å². The Balaban J connectivity index is 2.19. The molecule has 1 aliphatic carbocycles. The van der Waals surface area contributed by atoms with E-state index < -0.39 is 0 Å². The van der Waals surface area contributed by atoms with Crippen molar-refractivity contribution in [3.05, 3.63) is 11.7 Å². The summed E-state index contributed by atoms with van der Waals surface area (Å²) in [6.45, 7) is 1.77. The number of nitrogens with two attached hydrogens (primary N) is 1. The number of aryl methyl sites for hydroxylation is 1. The molecular formula is C10H16N4O2. The van der Waals surface area contributed by atoms with Gasteiger partial charge in [0.1, 0.15) is 0 Å². The van der Waals surface area contributed by atoms with Gasteiger partial charge in [-0.25, -0.2) is 5.84 Å². The second-order valence-corrected chi connectivity index (χ2v) is 4.19. The van der Waals surface area contributed by atoms with Gasteiger partial charge in [0.15, 0.2) is 5.82 Å². The van der Waals surface area contributed by atoms with E-state index >= 15 is 0 Å². The van der Waals surface area contributed by atoms with Gasteiger partial charge in [0, 0.05) is 0 Å². The highest BCUT2D eigenvalue weighted by atomic mass is 16.5. The van der Waals surface area contributed by atoms with Crippen molar-refractivity contribution < 1.29 is 9.32 Å². The molecule has 6 heteroatoms. The van der Waals surface area contributed by atoms with Gasteiger partial charge in [-0.05, 0) is 19.8 Å². The van der Waals surface area contributed by atoms with E-state index in [4.69, 9.17) is 10.4 Å². The van der Waals surface area contributed by atoms with Crippen LogP contribution in [0.4, 0.5) is 0 Å². The van der Waals surface area contributed by atoms with Crippen molar-refractivity contribution in [2.75, 3.05) is 0 Å². The second kappa shape index (κ2) is 4.61. The summed E-state index contributed by atoms with van der Waals surface area (Å²) in [5.41, 5.74) is 2.21. The van der Waals surface area contributed by atoms with E-state index in [0.717, 1.165) is 25.7 Å². The maximum atomic E-state index is 11.6. The van der Waals surface area contributed by atoms with Crippen molar-refractivity contribution in [3.63, 3.8) is 0 Å². The number of nitrogens with zero attached hydrogens (tertiary/aromatic N) is 2. The predicted octanol–water partition coefficient (Wildman–Crippen LogP) is 0.642. The molecule has 2 atom stereocenters. The van der Waals surface area contributed by atoms with Gasteiger partial charge in [-0.1, -0.05) is 18.0 Å². The molecule has 88 valence electrons. The maximum Gasteiger partial charge on any atom is 0.237 e. The maximum absolute atomic E-state index is 11.6. The Kier molecular flexibility index (Phi) is 3.19. The van der Waals surface area contributed by atoms with Crippen LogP contribution < -0.4 is 11.3 Å². The molecule has 0 aromatic carbocycles. The molecule has 2 unspecified atom stereocenters. The SMILES string of the molecule is Cc1noc(C2CCCCC2C(=O)NN)n1. The lowest BCUT2D eigenvalue weighted by Gasteiger charge is -2.27. The van der Waals surface area contributed by atoms with Gasteiger partial charge in [-0.15, -0.1) is 0 Å². The van der Waals surface area contributed by atoms with Crippen LogP contribution in [-0.2, 0) is 4.79 Å². The number of rotatable bonds is 2. The molecule has 1 aliphatic rings. The zero-order valence-electron chi connectivity index (χ0n) is 9.27. The zero-order chi connectivity index (χ0) is 11.5. The monoisotopic (exact) mass is 224 g/mol. The first-order valence-electron chi connectivity index (χ1n) is 5.53. The van der Waals surface area contributed by atoms with Crippen LogP contribution in [0.15, 0.2) is 4.52 Å². The largest absolute Gasteiger partial charge is 0.339 e. The molecule has 0 spiro atoms. The summed E-state index contributed by atoms with van der Waals surface area (Å²) in [7, 11) is 0. The molecule has 1 amide bonds. The van der Waals surface area contributed by atoms with Crippen LogP contribution >= 0.6 is 0 Å². The molecular weight excluding hydrogens is 208 g/mol. The Morgan fingerprint density at radius 2 is 2.25 bits per heavy atom. The molecule has 6 nitrogen and oxygen atoms in total. The quantitative estimate of drug-likeness (QED) is 0.437. The van der Waals surface area contributed by atoms with Gasteiger partial charge in [-0.2, -0.15) is 4.98 Å². The summed E-state index contributed by atoms with van der Waals surface area (Å²) in [6, 6.07) is 0. The lowest BCUT2D eigenvalue weighted by Crippen LogP contribution is -2.39. The molecule has 1 aromatic rings. The molecule has 1 aromatic heterocycles. The van der Waals surface area contributed by atoms with Gasteiger partial charge in [0.2, 0.25) is 11.8 Å². The van der Waals surface area contributed by atoms with E-state index in [1.54, 1.807) is 6.92 Å². The van der Waals surface area contributed by atoms with Gasteiger partial charge >= 0.3 is 0 Å². The average Bonchev–Trinajstić information content (AvgIpc) is 2.75. The van der Waals surface area contributed by atoms with Crippen molar-refractivity contribution in [1.29, 1.82) is 0 Å². The summed E-state index contributed by atoms with van der Waals surface area (Å²) >= 11 is 0. The Hall–Kier alpha value is -1.43. The Labute approximate surface area is 93.6 Å². The highest BCUT2D eigenvalue weighted by Gasteiger charge is 2.35. The molecule has 1 heterocycles. The molecule has 3 N–H and O–H groups in total. The third kappa shape index (κ3) is 2.06. The van der Waals surface area contributed by atoms with E-state index in [1.165, 1.54) is 0 Å². The second-order valence-electron chi connectivity index (χ2n) is 4.19. The number of aromatic nitrogens is 2. The highest BCUT2D eigenvalue weighted by molar-refractivity contribution is 5.79. The van der Waals surface area contributed by atoms with Crippen molar-refractivity contribution in [3.8, 4) is 0 Å². The first kappa shape index (κ1) is 11.1. The molecule has 0 bridgehead atoms. The molecule has 2 rings (SSSR count). The fraction of sp³-hybridized carbons (Fsp3) is 0.700. The topological polar surface area (TPSA) is 94.0 Å². The van der Waals surface area contributed by atoms with Gasteiger partial charge < -0.3 is 4.52 Å². The minimum absolute atomic E-state index is 0.0125. The van der Waals surface area contributed by atoms with E-state index in [9.17, 15) is 4.79 Å². The zero-order valence-corrected chi connectivity index (χ0v) is 9.27. The third-order valence-corrected chi connectivity index (χ3v) is 3.11. The van der Waals surface area contributed by atoms with Gasteiger partial charge in [0.25, 0.3) is 0 Å². The van der Waals surface area contributed by atoms with Gasteiger partial charge in [-0.3, -0.25) is 10.2 Å². The Bertz CT molecular complexity index is 377. The standard InChI is InChI=1S/C10H16N4O2/c1-6-12-10(16-14-6)8-5-3-2-4-7(8)9(15)13-11/h7-8H,2-5,11H2,1H3,(H,13,15). The van der Waals surface area contributed by atoms with E-state index in [-0.39, 0.29) is 17.7 Å². The summed E-state index contributed by atoms with van der Waals surface area (Å²) in [5.74, 6) is 6.08. The van der Waals surface area contributed by atoms with E-state index in [2.05, 4.69) is 15.6 Å². The molecule has 0 radical (unpaired) electrons. The van der Waals surface area contributed by atoms with Gasteiger partial charge in [0.05, 0.1) is 11.8 Å². The highest BCUT2D eigenvalue weighted by Crippen LogP contribution is 2.36. The summed E-state index contributed by atoms with van der Waals surface area (Å²) in [5, 5.41) is 3.76. The van der Waals surface area contributed by atoms with Crippen molar-refractivity contribution in [2.45, 2.75) is 38.5 Å². The number of carbonyl (C=O) groups is 1. The third-order valence-electron chi connectivity index (χ3n) is 3.11. The Morgan fingerprint density at radius 3 is 2.88 bits per heavy atom. The van der Waals surface area contributed by atoms with Crippen LogP contribution in [0.2, 0.25) is 0 Å². The van der Waals surface area contributed by atoms with Crippen LogP contribution in [0.5, 0.6) is 0 Å². The molecule has 16 heavy (non-hydrogen) atoms. The number of hydrogen-bond donors (Lipinski definition) is 2. The van der Waals surface area contributed by atoms with Crippen LogP contribution in [0.3, 0.4) is 0 Å². The average molecular weight is 224 g/mol. The minimum Gasteiger partial charge on any atom is -0.339 e. The fourth-order valence-electron chi connectivity index (χ4n) is 2.31. The number of carbonyl (C=O) groups excluding carboxylic acids is 1. The van der Waals surface area contributed by atoms with Crippen LogP contribution in [0, 0.1) is 12.8 Å². The van der Waals surface area contributed by atoms with Crippen LogP contribution in [-0.4, -0.2) is 16.0 Å². The van der Waals surface area contributed by atoms with Crippen LogP contribution in [0.1, 0.15) is 43.3 Å².